The van der Waals surface area contributed by atoms with Gasteiger partial charge in [-0.2, -0.15) is 0 Å². The van der Waals surface area contributed by atoms with E-state index in [0.29, 0.717) is 13.0 Å². The normalized spacial score (nSPS) is 31.0. The van der Waals surface area contributed by atoms with Crippen molar-refractivity contribution < 1.29 is 24.5 Å². The number of carboxylic acid groups (broad SMARTS) is 1. The second-order valence-electron chi connectivity index (χ2n) is 6.10. The summed E-state index contributed by atoms with van der Waals surface area (Å²) in [5, 5.41) is 20.8. The van der Waals surface area contributed by atoms with Crippen LogP contribution in [-0.2, 0) is 14.3 Å². The van der Waals surface area contributed by atoms with Gasteiger partial charge in [-0.3, -0.25) is 4.79 Å². The molecule has 7 heteroatoms. The molecule has 0 aromatic rings. The van der Waals surface area contributed by atoms with Crippen molar-refractivity contribution >= 4 is 11.9 Å². The van der Waals surface area contributed by atoms with Gasteiger partial charge in [-0.05, 0) is 13.8 Å². The fourth-order valence-corrected chi connectivity index (χ4v) is 2.31. The second kappa shape index (κ2) is 5.31. The van der Waals surface area contributed by atoms with Crippen LogP contribution in [0.15, 0.2) is 0 Å². The lowest BCUT2D eigenvalue weighted by Crippen LogP contribution is -2.76. The Morgan fingerprint density at radius 1 is 1.50 bits per heavy atom. The predicted molar refractivity (Wildman–Crippen MR) is 72.0 cm³/mol. The summed E-state index contributed by atoms with van der Waals surface area (Å²) in [5.74, 6) is -1.87. The molecule has 1 rings (SSSR count). The maximum atomic E-state index is 12.2. The topological polar surface area (TPSA) is 122 Å². The Hall–Kier alpha value is -1.18. The van der Waals surface area contributed by atoms with Gasteiger partial charge >= 0.3 is 5.97 Å². The third kappa shape index (κ3) is 2.65. The average Bonchev–Trinajstić information content (AvgIpc) is 2.35. The first-order valence-electron chi connectivity index (χ1n) is 6.63. The van der Waals surface area contributed by atoms with Gasteiger partial charge in [0.05, 0.1) is 12.6 Å². The predicted octanol–water partition coefficient (Wildman–Crippen LogP) is -0.529. The Bertz CT molecular complexity index is 408. The molecule has 1 saturated carbocycles. The van der Waals surface area contributed by atoms with Gasteiger partial charge in [-0.15, -0.1) is 0 Å². The van der Waals surface area contributed by atoms with Gasteiger partial charge in [0.1, 0.15) is 5.54 Å². The highest BCUT2D eigenvalue weighted by Gasteiger charge is 2.62. The van der Waals surface area contributed by atoms with E-state index in [1.54, 1.807) is 0 Å². The molecule has 1 amide bonds. The van der Waals surface area contributed by atoms with Crippen molar-refractivity contribution in [2.75, 3.05) is 13.2 Å². The number of hydrogen-bond acceptors (Lipinski definition) is 5. The van der Waals surface area contributed by atoms with Crippen molar-refractivity contribution in [3.05, 3.63) is 0 Å². The molecule has 1 aliphatic rings. The fraction of sp³-hybridized carbons (Fsp3) is 0.846. The number of nitrogens with two attached hydrogens (primary N) is 1. The highest BCUT2D eigenvalue weighted by Crippen LogP contribution is 2.49. The lowest BCUT2D eigenvalue weighted by atomic mass is 9.54. The lowest BCUT2D eigenvalue weighted by molar-refractivity contribution is -0.172. The molecule has 0 radical (unpaired) electrons. The molecule has 0 aromatic carbocycles. The van der Waals surface area contributed by atoms with Gasteiger partial charge in [-0.1, -0.05) is 13.8 Å². The number of hydrogen-bond donors (Lipinski definition) is 4. The summed E-state index contributed by atoms with van der Waals surface area (Å²) in [4.78, 5) is 23.0. The van der Waals surface area contributed by atoms with Crippen LogP contribution in [0.4, 0.5) is 0 Å². The molecule has 3 atom stereocenters. The van der Waals surface area contributed by atoms with Crippen LogP contribution in [0.1, 0.15) is 34.1 Å². The monoisotopic (exact) mass is 288 g/mol. The molecule has 1 fully saturated rings. The summed E-state index contributed by atoms with van der Waals surface area (Å²) < 4.78 is 5.52. The Morgan fingerprint density at radius 3 is 2.45 bits per heavy atom. The number of carboxylic acids is 1. The molecule has 5 N–H and O–H groups in total. The van der Waals surface area contributed by atoms with E-state index in [1.165, 1.54) is 0 Å². The van der Waals surface area contributed by atoms with Gasteiger partial charge in [0, 0.05) is 18.4 Å². The molecule has 1 aliphatic carbocycles. The van der Waals surface area contributed by atoms with E-state index >= 15 is 0 Å². The minimum Gasteiger partial charge on any atom is -0.479 e. The number of aliphatic hydroxyl groups is 1. The number of carbonyl (C=O) groups excluding carboxylic acids is 1. The quantitative estimate of drug-likeness (QED) is 0.521. The molecule has 0 spiro atoms. The molecular weight excluding hydrogens is 264 g/mol. The van der Waals surface area contributed by atoms with Crippen molar-refractivity contribution in [2.45, 2.75) is 51.4 Å². The Morgan fingerprint density at radius 2 is 2.05 bits per heavy atom. The average molecular weight is 288 g/mol. The van der Waals surface area contributed by atoms with Crippen LogP contribution in [0, 0.1) is 5.41 Å². The van der Waals surface area contributed by atoms with E-state index < -0.39 is 35.0 Å². The van der Waals surface area contributed by atoms with Crippen LogP contribution in [0.5, 0.6) is 0 Å². The van der Waals surface area contributed by atoms with E-state index in [0.717, 1.165) is 6.92 Å². The first-order chi connectivity index (χ1) is 8.99. The first kappa shape index (κ1) is 16.9. The first-order valence-corrected chi connectivity index (χ1v) is 6.63. The zero-order chi connectivity index (χ0) is 15.8. The maximum Gasteiger partial charge on any atom is 0.337 e. The van der Waals surface area contributed by atoms with E-state index in [2.05, 4.69) is 5.32 Å². The standard InChI is InChI=1S/C13H24N2O5/c1-5-20-8-6-13(14,11(8,2)3)9(16)15-7-12(4,19)10(17)18/h8,19H,5-7,14H2,1-4H3,(H,15,16)(H,17,18). The Kier molecular flexibility index (Phi) is 4.48. The molecule has 116 valence electrons. The number of carbonyl (C=O) groups is 2. The Balaban J connectivity index is 2.67. The van der Waals surface area contributed by atoms with Crippen molar-refractivity contribution in [1.82, 2.24) is 5.32 Å². The summed E-state index contributed by atoms with van der Waals surface area (Å²) >= 11 is 0. The molecule has 7 nitrogen and oxygen atoms in total. The van der Waals surface area contributed by atoms with Crippen LogP contribution in [-0.4, -0.2) is 52.5 Å². The number of aliphatic carboxylic acids is 1. The van der Waals surface area contributed by atoms with Gasteiger partial charge in [0.2, 0.25) is 5.91 Å². The molecule has 3 unspecified atom stereocenters. The number of nitrogens with one attached hydrogen (secondary N) is 1. The molecular formula is C13H24N2O5. The lowest BCUT2D eigenvalue weighted by Gasteiger charge is -2.57. The van der Waals surface area contributed by atoms with Crippen LogP contribution < -0.4 is 11.1 Å². The smallest absolute Gasteiger partial charge is 0.337 e. The molecule has 0 bridgehead atoms. The maximum absolute atomic E-state index is 12.2. The molecule has 0 aromatic heterocycles. The van der Waals surface area contributed by atoms with Gasteiger partial charge in [0.15, 0.2) is 5.60 Å². The number of ether oxygens (including phenoxy) is 1. The van der Waals surface area contributed by atoms with Gasteiger partial charge in [0.25, 0.3) is 0 Å². The minimum atomic E-state index is -2.01. The van der Waals surface area contributed by atoms with Crippen LogP contribution in [0.3, 0.4) is 0 Å². The number of amides is 1. The van der Waals surface area contributed by atoms with Crippen LogP contribution in [0.2, 0.25) is 0 Å². The van der Waals surface area contributed by atoms with Gasteiger partial charge < -0.3 is 26.0 Å². The third-order valence-electron chi connectivity index (χ3n) is 4.29. The van der Waals surface area contributed by atoms with Crippen molar-refractivity contribution in [1.29, 1.82) is 0 Å². The molecule has 0 heterocycles. The van der Waals surface area contributed by atoms with E-state index in [1.807, 2.05) is 20.8 Å². The summed E-state index contributed by atoms with van der Waals surface area (Å²) in [6.45, 7) is 6.82. The van der Waals surface area contributed by atoms with Gasteiger partial charge in [-0.25, -0.2) is 4.79 Å². The van der Waals surface area contributed by atoms with E-state index in [4.69, 9.17) is 15.6 Å². The fourth-order valence-electron chi connectivity index (χ4n) is 2.31. The third-order valence-corrected chi connectivity index (χ3v) is 4.29. The minimum absolute atomic E-state index is 0.108. The largest absolute Gasteiger partial charge is 0.479 e. The zero-order valence-corrected chi connectivity index (χ0v) is 12.4. The van der Waals surface area contributed by atoms with E-state index in [-0.39, 0.29) is 6.10 Å². The second-order valence-corrected chi connectivity index (χ2v) is 6.10. The van der Waals surface area contributed by atoms with Crippen LogP contribution >= 0.6 is 0 Å². The van der Waals surface area contributed by atoms with Crippen molar-refractivity contribution in [3.8, 4) is 0 Å². The zero-order valence-electron chi connectivity index (χ0n) is 12.4. The van der Waals surface area contributed by atoms with Crippen molar-refractivity contribution in [3.63, 3.8) is 0 Å². The highest BCUT2D eigenvalue weighted by atomic mass is 16.5. The number of rotatable bonds is 6. The molecule has 0 aliphatic heterocycles. The summed E-state index contributed by atoms with van der Waals surface area (Å²) in [5.41, 5.74) is 2.44. The molecule has 0 saturated heterocycles. The summed E-state index contributed by atoms with van der Waals surface area (Å²) in [7, 11) is 0. The Labute approximate surface area is 118 Å². The van der Waals surface area contributed by atoms with E-state index in [9.17, 15) is 14.7 Å². The highest BCUT2D eigenvalue weighted by molar-refractivity contribution is 5.89. The summed E-state index contributed by atoms with van der Waals surface area (Å²) in [6.07, 6.45) is 0.262. The van der Waals surface area contributed by atoms with Crippen molar-refractivity contribution in [2.24, 2.45) is 11.1 Å². The SMILES string of the molecule is CCOC1CC(N)(C(=O)NCC(C)(O)C(=O)O)C1(C)C. The molecule has 20 heavy (non-hydrogen) atoms. The van der Waals surface area contributed by atoms with Crippen LogP contribution in [0.25, 0.3) is 0 Å². The summed E-state index contributed by atoms with van der Waals surface area (Å²) in [6, 6.07) is 0.